The van der Waals surface area contributed by atoms with Crippen LogP contribution in [0, 0.1) is 0 Å². The van der Waals surface area contributed by atoms with Crippen LogP contribution < -0.4 is 15.8 Å². The molecule has 7 heteroatoms. The summed E-state index contributed by atoms with van der Waals surface area (Å²) in [5.41, 5.74) is 6.35. The number of anilines is 1. The highest BCUT2D eigenvalue weighted by molar-refractivity contribution is 8.00. The molecule has 0 aliphatic heterocycles. The van der Waals surface area contributed by atoms with Crippen LogP contribution in [0.3, 0.4) is 0 Å². The minimum Gasteiger partial charge on any atom is -0.494 e. The highest BCUT2D eigenvalue weighted by Gasteiger charge is 2.10. The zero-order chi connectivity index (χ0) is 14.3. The fourth-order valence-corrected chi connectivity index (χ4v) is 2.03. The lowest BCUT2D eigenvalue weighted by Gasteiger charge is -2.08. The number of hydrogen-bond donors (Lipinski definition) is 2. The Morgan fingerprint density at radius 2 is 2.16 bits per heavy atom. The number of thioether (sulfide) groups is 1. The molecule has 2 amide bonds. The third-order valence-corrected chi connectivity index (χ3v) is 3.15. The number of alkyl carbamates (subject to hydrolysis) is 1. The number of rotatable bonds is 5. The first kappa shape index (κ1) is 15.2. The van der Waals surface area contributed by atoms with Crippen molar-refractivity contribution in [3.05, 3.63) is 18.2 Å². The Bertz CT molecular complexity index is 465. The Labute approximate surface area is 115 Å². The van der Waals surface area contributed by atoms with Crippen LogP contribution in [-0.2, 0) is 9.53 Å². The Balaban J connectivity index is 2.59. The molecule has 0 atom stereocenters. The minimum absolute atomic E-state index is 0.0644. The minimum atomic E-state index is -0.776. The summed E-state index contributed by atoms with van der Waals surface area (Å²) in [4.78, 5) is 23.0. The van der Waals surface area contributed by atoms with E-state index >= 15 is 0 Å². The summed E-state index contributed by atoms with van der Waals surface area (Å²) >= 11 is 1.22. The lowest BCUT2D eigenvalue weighted by molar-refractivity contribution is -0.117. The molecular formula is C12H16N2O4S. The number of nitrogens with one attached hydrogen (secondary N) is 1. The van der Waals surface area contributed by atoms with Gasteiger partial charge >= 0.3 is 6.09 Å². The second kappa shape index (κ2) is 7.52. The zero-order valence-electron chi connectivity index (χ0n) is 10.8. The third kappa shape index (κ3) is 5.09. The maximum absolute atomic E-state index is 11.4. The van der Waals surface area contributed by atoms with Crippen molar-refractivity contribution in [3.8, 4) is 5.75 Å². The predicted octanol–water partition coefficient (Wildman–Crippen LogP) is 1.64. The zero-order valence-corrected chi connectivity index (χ0v) is 11.6. The van der Waals surface area contributed by atoms with Gasteiger partial charge in [-0.15, -0.1) is 11.8 Å². The largest absolute Gasteiger partial charge is 0.494 e. The van der Waals surface area contributed by atoms with E-state index in [0.717, 1.165) is 4.90 Å². The van der Waals surface area contributed by atoms with Crippen LogP contribution in [-0.4, -0.2) is 31.5 Å². The Morgan fingerprint density at radius 3 is 2.79 bits per heavy atom. The van der Waals surface area contributed by atoms with Crippen LogP contribution in [0.4, 0.5) is 10.5 Å². The van der Waals surface area contributed by atoms with Gasteiger partial charge in [-0.3, -0.25) is 10.1 Å². The number of nitrogens with two attached hydrogens (primary N) is 1. The van der Waals surface area contributed by atoms with Crippen molar-refractivity contribution in [3.63, 3.8) is 0 Å². The smallest absolute Gasteiger partial charge is 0.413 e. The number of amides is 2. The first-order valence-electron chi connectivity index (χ1n) is 5.59. The van der Waals surface area contributed by atoms with Crippen molar-refractivity contribution < 1.29 is 19.1 Å². The molecule has 104 valence electrons. The van der Waals surface area contributed by atoms with E-state index in [4.69, 9.17) is 10.5 Å². The first-order chi connectivity index (χ1) is 9.06. The van der Waals surface area contributed by atoms with Crippen LogP contribution in [0.5, 0.6) is 5.75 Å². The van der Waals surface area contributed by atoms with Crippen molar-refractivity contribution in [2.45, 2.75) is 11.8 Å². The van der Waals surface area contributed by atoms with Gasteiger partial charge in [0.25, 0.3) is 0 Å². The monoisotopic (exact) mass is 284 g/mol. The summed E-state index contributed by atoms with van der Waals surface area (Å²) < 4.78 is 9.67. The SMILES string of the molecule is CCOc1ccc(N)c(SCC(=O)NC(=O)OC)c1. The number of methoxy groups -OCH3 is 1. The molecule has 0 fully saturated rings. The van der Waals surface area contributed by atoms with Gasteiger partial charge in [0.15, 0.2) is 0 Å². The molecule has 0 aliphatic rings. The van der Waals surface area contributed by atoms with E-state index in [0.29, 0.717) is 18.0 Å². The summed E-state index contributed by atoms with van der Waals surface area (Å²) in [5.74, 6) is 0.306. The molecule has 3 N–H and O–H groups in total. The number of benzene rings is 1. The summed E-state index contributed by atoms with van der Waals surface area (Å²) in [6.45, 7) is 2.43. The van der Waals surface area contributed by atoms with Crippen molar-refractivity contribution in [1.29, 1.82) is 0 Å². The topological polar surface area (TPSA) is 90.6 Å². The molecule has 1 aromatic carbocycles. The molecule has 6 nitrogen and oxygen atoms in total. The number of carbonyl (C=O) groups excluding carboxylic acids is 2. The van der Waals surface area contributed by atoms with Crippen molar-refractivity contribution in [2.75, 3.05) is 25.2 Å². The highest BCUT2D eigenvalue weighted by atomic mass is 32.2. The Morgan fingerprint density at radius 1 is 1.42 bits per heavy atom. The molecule has 0 unspecified atom stereocenters. The van der Waals surface area contributed by atoms with Gasteiger partial charge in [-0.05, 0) is 25.1 Å². The molecular weight excluding hydrogens is 268 g/mol. The van der Waals surface area contributed by atoms with E-state index in [1.54, 1.807) is 18.2 Å². The van der Waals surface area contributed by atoms with Crippen LogP contribution >= 0.6 is 11.8 Å². The van der Waals surface area contributed by atoms with Gasteiger partial charge in [0.2, 0.25) is 5.91 Å². The van der Waals surface area contributed by atoms with Crippen LogP contribution in [0.1, 0.15) is 6.92 Å². The quantitative estimate of drug-likeness (QED) is 0.631. The molecule has 0 saturated carbocycles. The fraction of sp³-hybridized carbons (Fsp3) is 0.333. The molecule has 0 aromatic heterocycles. The van der Waals surface area contributed by atoms with Crippen LogP contribution in [0.2, 0.25) is 0 Å². The van der Waals surface area contributed by atoms with E-state index in [1.807, 2.05) is 6.92 Å². The molecule has 1 aromatic rings. The Hall–Kier alpha value is -1.89. The van der Waals surface area contributed by atoms with Gasteiger partial charge in [-0.1, -0.05) is 0 Å². The van der Waals surface area contributed by atoms with Gasteiger partial charge in [-0.25, -0.2) is 4.79 Å². The van der Waals surface area contributed by atoms with Gasteiger partial charge in [0.1, 0.15) is 5.75 Å². The molecule has 0 aliphatic carbocycles. The number of ether oxygens (including phenoxy) is 2. The summed E-state index contributed by atoms with van der Waals surface area (Å²) in [6, 6.07) is 5.23. The highest BCUT2D eigenvalue weighted by Crippen LogP contribution is 2.29. The summed E-state index contributed by atoms with van der Waals surface area (Å²) in [6.07, 6.45) is -0.776. The van der Waals surface area contributed by atoms with E-state index in [-0.39, 0.29) is 5.75 Å². The van der Waals surface area contributed by atoms with Gasteiger partial charge in [0.05, 0.1) is 19.5 Å². The summed E-state index contributed by atoms with van der Waals surface area (Å²) in [5, 5.41) is 2.07. The number of carbonyl (C=O) groups is 2. The average molecular weight is 284 g/mol. The lowest BCUT2D eigenvalue weighted by Crippen LogP contribution is -2.31. The van der Waals surface area contributed by atoms with Crippen molar-refractivity contribution in [2.24, 2.45) is 0 Å². The van der Waals surface area contributed by atoms with E-state index < -0.39 is 12.0 Å². The van der Waals surface area contributed by atoms with Crippen LogP contribution in [0.25, 0.3) is 0 Å². The van der Waals surface area contributed by atoms with Gasteiger partial charge in [0, 0.05) is 10.6 Å². The lowest BCUT2D eigenvalue weighted by atomic mass is 10.3. The summed E-state index contributed by atoms with van der Waals surface area (Å²) in [7, 11) is 1.19. The second-order valence-corrected chi connectivity index (χ2v) is 4.48. The average Bonchev–Trinajstić information content (AvgIpc) is 2.39. The third-order valence-electron chi connectivity index (χ3n) is 2.08. The maximum atomic E-state index is 11.4. The van der Waals surface area contributed by atoms with E-state index in [9.17, 15) is 9.59 Å². The van der Waals surface area contributed by atoms with Gasteiger partial charge in [-0.2, -0.15) is 0 Å². The second-order valence-electron chi connectivity index (χ2n) is 3.46. The molecule has 0 bridgehead atoms. The van der Waals surface area contributed by atoms with Crippen molar-refractivity contribution in [1.82, 2.24) is 5.32 Å². The predicted molar refractivity (Wildman–Crippen MR) is 73.3 cm³/mol. The molecule has 0 saturated heterocycles. The van der Waals surface area contributed by atoms with Crippen molar-refractivity contribution >= 4 is 29.4 Å². The molecule has 0 heterocycles. The molecule has 19 heavy (non-hydrogen) atoms. The van der Waals surface area contributed by atoms with Gasteiger partial charge < -0.3 is 15.2 Å². The molecule has 0 radical (unpaired) electrons. The van der Waals surface area contributed by atoms with E-state index in [2.05, 4.69) is 10.1 Å². The van der Waals surface area contributed by atoms with E-state index in [1.165, 1.54) is 18.9 Å². The first-order valence-corrected chi connectivity index (χ1v) is 6.58. The normalized spacial score (nSPS) is 9.79. The van der Waals surface area contributed by atoms with Crippen LogP contribution in [0.15, 0.2) is 23.1 Å². The fourth-order valence-electron chi connectivity index (χ4n) is 1.24. The number of nitrogen functional groups attached to an aromatic ring is 1. The number of hydrogen-bond acceptors (Lipinski definition) is 6. The maximum Gasteiger partial charge on any atom is 0.413 e. The molecule has 0 spiro atoms. The molecule has 1 rings (SSSR count). The number of imide groups is 1. The Kier molecular flexibility index (Phi) is 6.01. The standard InChI is InChI=1S/C12H16N2O4S/c1-3-18-8-4-5-9(13)10(6-8)19-7-11(15)14-12(16)17-2/h4-6H,3,7,13H2,1-2H3,(H,14,15,16).